The average Bonchev–Trinajstić information content (AvgIpc) is 2.35. The van der Waals surface area contributed by atoms with Gasteiger partial charge in [0.25, 0.3) is 0 Å². The molecule has 4 heteroatoms. The van der Waals surface area contributed by atoms with Gasteiger partial charge in [-0.2, -0.15) is 0 Å². The topological polar surface area (TPSA) is 52.3 Å². The van der Waals surface area contributed by atoms with Gasteiger partial charge in [-0.05, 0) is 13.3 Å². The number of esters is 1. The number of nitrogens with two attached hydrogens (primary N) is 1. The fourth-order valence-corrected chi connectivity index (χ4v) is 1.89. The summed E-state index contributed by atoms with van der Waals surface area (Å²) < 4.78 is 5.01. The summed E-state index contributed by atoms with van der Waals surface area (Å²) in [6.07, 6.45) is 12.9. The number of hydrogen-bond donors (Lipinski definition) is 1. The van der Waals surface area contributed by atoms with E-state index in [1.54, 1.807) is 6.92 Å². The van der Waals surface area contributed by atoms with Crippen LogP contribution in [0.2, 0.25) is 0 Å². The summed E-state index contributed by atoms with van der Waals surface area (Å²) in [5.41, 5.74) is 5.39. The van der Waals surface area contributed by atoms with Crippen molar-refractivity contribution in [3.8, 4) is 0 Å². The Hall–Kier alpha value is 0.430. The third-order valence-electron chi connectivity index (χ3n) is 3.11. The molecule has 2 N–H and O–H groups in total. The molecule has 0 fully saturated rings. The van der Waals surface area contributed by atoms with Gasteiger partial charge >= 0.3 is 35.5 Å². The Labute approximate surface area is 141 Å². The minimum atomic E-state index is -0.492. The zero-order chi connectivity index (χ0) is 13.6. The summed E-state index contributed by atoms with van der Waals surface area (Å²) in [6.45, 7) is 4.43. The van der Waals surface area contributed by atoms with Gasteiger partial charge in [-0.25, -0.2) is 0 Å². The Kier molecular flexibility index (Phi) is 18.8. The van der Waals surface area contributed by atoms with Crippen LogP contribution in [0, 0.1) is 0 Å². The van der Waals surface area contributed by atoms with Crippen LogP contribution < -0.4 is 5.73 Å². The normalized spacial score (nSPS) is 11.7. The summed E-state index contributed by atoms with van der Waals surface area (Å²) in [6, 6.07) is -0.492. The van der Waals surface area contributed by atoms with Gasteiger partial charge in [0.2, 0.25) is 0 Å². The van der Waals surface area contributed by atoms with Crippen molar-refractivity contribution in [3.05, 3.63) is 0 Å². The molecule has 0 aromatic carbocycles. The monoisotopic (exact) mass is 281 g/mol. The Bertz CT molecular complexity index is 199. The van der Waals surface area contributed by atoms with Gasteiger partial charge < -0.3 is 10.5 Å². The molecule has 19 heavy (non-hydrogen) atoms. The van der Waals surface area contributed by atoms with Crippen molar-refractivity contribution in [2.75, 3.05) is 6.61 Å². The number of carbonyl (C=O) groups excluding carboxylic acids is 1. The third kappa shape index (κ3) is 16.4. The van der Waals surface area contributed by atoms with Crippen molar-refractivity contribution in [1.29, 1.82) is 0 Å². The first kappa shape index (κ1) is 21.7. The number of rotatable bonds is 12. The van der Waals surface area contributed by atoms with Gasteiger partial charge in [-0.3, -0.25) is 4.79 Å². The minimum absolute atomic E-state index is 0. The second kappa shape index (κ2) is 16.5. The van der Waals surface area contributed by atoms with Crippen LogP contribution in [0.5, 0.6) is 0 Å². The molecule has 0 spiro atoms. The van der Waals surface area contributed by atoms with Crippen molar-refractivity contribution in [2.24, 2.45) is 5.73 Å². The van der Waals surface area contributed by atoms with Crippen LogP contribution in [0.1, 0.15) is 78.1 Å². The molecular formula is C15H32NNaO2. The Morgan fingerprint density at radius 2 is 1.37 bits per heavy atom. The zero-order valence-corrected chi connectivity index (χ0v) is 12.2. The van der Waals surface area contributed by atoms with E-state index < -0.39 is 6.04 Å². The first-order valence-electron chi connectivity index (χ1n) is 7.60. The first-order chi connectivity index (χ1) is 8.68. The predicted octanol–water partition coefficient (Wildman–Crippen LogP) is 3.15. The van der Waals surface area contributed by atoms with Crippen LogP contribution in [0.4, 0.5) is 0 Å². The second-order valence-corrected chi connectivity index (χ2v) is 5.14. The van der Waals surface area contributed by atoms with Crippen LogP contribution in [0.25, 0.3) is 0 Å². The molecule has 110 valence electrons. The molecule has 0 aliphatic carbocycles. The summed E-state index contributed by atoms with van der Waals surface area (Å²) in [7, 11) is 0. The Morgan fingerprint density at radius 1 is 0.947 bits per heavy atom. The first-order valence-corrected chi connectivity index (χ1v) is 7.60. The molecular weight excluding hydrogens is 249 g/mol. The van der Waals surface area contributed by atoms with E-state index in [0.29, 0.717) is 6.61 Å². The van der Waals surface area contributed by atoms with Crippen molar-refractivity contribution >= 4 is 35.5 Å². The molecule has 0 radical (unpaired) electrons. The number of carbonyl (C=O) groups is 1. The molecule has 0 saturated carbocycles. The standard InChI is InChI=1S/C15H31NO2.Na.H/c1-3-4-5-6-7-8-9-10-11-12-13-18-15(17)14(2)16;;/h14H,3-13,16H2,1-2H3;;/t14-;;/m0../s1. The van der Waals surface area contributed by atoms with Gasteiger partial charge in [0.1, 0.15) is 6.04 Å². The number of hydrogen-bond acceptors (Lipinski definition) is 3. The number of ether oxygens (including phenoxy) is 1. The second-order valence-electron chi connectivity index (χ2n) is 5.14. The van der Waals surface area contributed by atoms with Gasteiger partial charge in [0.05, 0.1) is 6.61 Å². The third-order valence-corrected chi connectivity index (χ3v) is 3.11. The molecule has 1 atom stereocenters. The molecule has 0 aromatic heterocycles. The van der Waals surface area contributed by atoms with Gasteiger partial charge in [0.15, 0.2) is 0 Å². The molecule has 0 heterocycles. The van der Waals surface area contributed by atoms with Gasteiger partial charge in [-0.15, -0.1) is 0 Å². The van der Waals surface area contributed by atoms with Crippen molar-refractivity contribution in [2.45, 2.75) is 84.1 Å². The summed E-state index contributed by atoms with van der Waals surface area (Å²) in [4.78, 5) is 11.1. The predicted molar refractivity (Wildman–Crippen MR) is 83.6 cm³/mol. The molecule has 0 amide bonds. The zero-order valence-electron chi connectivity index (χ0n) is 12.2. The molecule has 0 rings (SSSR count). The van der Waals surface area contributed by atoms with Crippen LogP contribution in [-0.4, -0.2) is 48.2 Å². The van der Waals surface area contributed by atoms with Crippen molar-refractivity contribution in [1.82, 2.24) is 0 Å². The SMILES string of the molecule is CCCCCCCCCCCCOC(=O)[C@H](C)N.[NaH]. The van der Waals surface area contributed by atoms with E-state index in [1.807, 2.05) is 0 Å². The van der Waals surface area contributed by atoms with E-state index in [4.69, 9.17) is 10.5 Å². The van der Waals surface area contributed by atoms with Crippen LogP contribution in [0.3, 0.4) is 0 Å². The van der Waals surface area contributed by atoms with Crippen molar-refractivity contribution < 1.29 is 9.53 Å². The van der Waals surface area contributed by atoms with E-state index in [9.17, 15) is 4.79 Å². The molecule has 3 nitrogen and oxygen atoms in total. The molecule has 0 bridgehead atoms. The van der Waals surface area contributed by atoms with Gasteiger partial charge in [0, 0.05) is 0 Å². The summed E-state index contributed by atoms with van der Waals surface area (Å²) in [5, 5.41) is 0. The van der Waals surface area contributed by atoms with E-state index in [1.165, 1.54) is 51.4 Å². The van der Waals surface area contributed by atoms with Crippen molar-refractivity contribution in [3.63, 3.8) is 0 Å². The van der Waals surface area contributed by atoms with E-state index >= 15 is 0 Å². The van der Waals surface area contributed by atoms with Crippen LogP contribution in [0.15, 0.2) is 0 Å². The fraction of sp³-hybridized carbons (Fsp3) is 0.933. The maximum absolute atomic E-state index is 11.1. The average molecular weight is 281 g/mol. The molecule has 0 aliphatic heterocycles. The quantitative estimate of drug-likeness (QED) is 0.340. The molecule has 0 saturated heterocycles. The fourth-order valence-electron chi connectivity index (χ4n) is 1.89. The van der Waals surface area contributed by atoms with Gasteiger partial charge in [-0.1, -0.05) is 64.7 Å². The molecule has 0 aromatic rings. The van der Waals surface area contributed by atoms with E-state index in [0.717, 1.165) is 12.8 Å². The molecule has 0 aliphatic rings. The number of unbranched alkanes of at least 4 members (excludes halogenated alkanes) is 9. The van der Waals surface area contributed by atoms with Crippen LogP contribution >= 0.6 is 0 Å². The maximum atomic E-state index is 11.1. The van der Waals surface area contributed by atoms with Crippen LogP contribution in [-0.2, 0) is 9.53 Å². The Morgan fingerprint density at radius 3 is 1.79 bits per heavy atom. The van der Waals surface area contributed by atoms with E-state index in [2.05, 4.69) is 6.92 Å². The molecule has 0 unspecified atom stereocenters. The Balaban J connectivity index is 0. The summed E-state index contributed by atoms with van der Waals surface area (Å²) >= 11 is 0. The van der Waals surface area contributed by atoms with E-state index in [-0.39, 0.29) is 35.5 Å². The summed E-state index contributed by atoms with van der Waals surface area (Å²) in [5.74, 6) is -0.286.